The molecule has 0 radical (unpaired) electrons. The van der Waals surface area contributed by atoms with E-state index in [-0.39, 0.29) is 10.8 Å². The normalized spacial score (nSPS) is 20.4. The SMILES string of the molecule is CCC1COCCN1Cc1cc(F)cc(C(N)=S)c1. The van der Waals surface area contributed by atoms with Gasteiger partial charge < -0.3 is 10.5 Å². The van der Waals surface area contributed by atoms with Gasteiger partial charge in [0, 0.05) is 24.7 Å². The Hall–Kier alpha value is -1.04. The molecule has 19 heavy (non-hydrogen) atoms. The minimum atomic E-state index is -0.290. The fourth-order valence-electron chi connectivity index (χ4n) is 2.39. The molecule has 1 aromatic carbocycles. The van der Waals surface area contributed by atoms with Crippen LogP contribution in [0.25, 0.3) is 0 Å². The van der Waals surface area contributed by atoms with Crippen LogP contribution >= 0.6 is 12.2 Å². The fraction of sp³-hybridized carbons (Fsp3) is 0.500. The lowest BCUT2D eigenvalue weighted by atomic mass is 10.1. The second-order valence-corrected chi connectivity index (χ2v) is 5.26. The summed E-state index contributed by atoms with van der Waals surface area (Å²) >= 11 is 4.91. The van der Waals surface area contributed by atoms with Gasteiger partial charge in [-0.15, -0.1) is 0 Å². The molecule has 104 valence electrons. The molecule has 1 saturated heterocycles. The van der Waals surface area contributed by atoms with Gasteiger partial charge >= 0.3 is 0 Å². The van der Waals surface area contributed by atoms with Crippen LogP contribution in [0.1, 0.15) is 24.5 Å². The Morgan fingerprint density at radius 2 is 2.32 bits per heavy atom. The summed E-state index contributed by atoms with van der Waals surface area (Å²) in [5.74, 6) is -0.290. The molecule has 1 fully saturated rings. The largest absolute Gasteiger partial charge is 0.389 e. The molecule has 1 aliphatic rings. The number of rotatable bonds is 4. The predicted octanol–water partition coefficient (Wildman–Crippen LogP) is 2.07. The number of hydrogen-bond acceptors (Lipinski definition) is 3. The second kappa shape index (κ2) is 6.41. The molecule has 0 aliphatic carbocycles. The summed E-state index contributed by atoms with van der Waals surface area (Å²) in [5, 5.41) is 0. The van der Waals surface area contributed by atoms with Crippen molar-refractivity contribution < 1.29 is 9.13 Å². The predicted molar refractivity (Wildman–Crippen MR) is 77.6 cm³/mol. The maximum Gasteiger partial charge on any atom is 0.124 e. The Kier molecular flexibility index (Phi) is 4.85. The average Bonchev–Trinajstić information content (AvgIpc) is 2.38. The van der Waals surface area contributed by atoms with Crippen molar-refractivity contribution in [3.05, 3.63) is 35.1 Å². The number of benzene rings is 1. The molecular formula is C14H19FN2OS. The number of ether oxygens (including phenoxy) is 1. The molecule has 1 unspecified atom stereocenters. The molecule has 0 saturated carbocycles. The first kappa shape index (κ1) is 14.4. The molecule has 0 bridgehead atoms. The molecule has 1 aliphatic heterocycles. The molecule has 2 rings (SSSR count). The van der Waals surface area contributed by atoms with E-state index in [2.05, 4.69) is 11.8 Å². The molecule has 2 N–H and O–H groups in total. The van der Waals surface area contributed by atoms with Crippen molar-refractivity contribution in [3.63, 3.8) is 0 Å². The third kappa shape index (κ3) is 3.72. The maximum absolute atomic E-state index is 13.6. The van der Waals surface area contributed by atoms with Gasteiger partial charge in [0.1, 0.15) is 10.8 Å². The van der Waals surface area contributed by atoms with E-state index >= 15 is 0 Å². The summed E-state index contributed by atoms with van der Waals surface area (Å²) in [7, 11) is 0. The Bertz CT molecular complexity index is 467. The van der Waals surface area contributed by atoms with Gasteiger partial charge in [-0.3, -0.25) is 4.90 Å². The monoisotopic (exact) mass is 282 g/mol. The van der Waals surface area contributed by atoms with Crippen LogP contribution in [0.2, 0.25) is 0 Å². The van der Waals surface area contributed by atoms with Crippen molar-refractivity contribution in [2.24, 2.45) is 5.73 Å². The van der Waals surface area contributed by atoms with Gasteiger partial charge in [-0.25, -0.2) is 4.39 Å². The lowest BCUT2D eigenvalue weighted by Crippen LogP contribution is -2.44. The zero-order chi connectivity index (χ0) is 13.8. The Labute approximate surface area is 118 Å². The number of halogens is 1. The first-order valence-electron chi connectivity index (χ1n) is 6.51. The quantitative estimate of drug-likeness (QED) is 0.858. The van der Waals surface area contributed by atoms with Crippen molar-refractivity contribution in [1.29, 1.82) is 0 Å². The summed E-state index contributed by atoms with van der Waals surface area (Å²) in [5.41, 5.74) is 7.06. The van der Waals surface area contributed by atoms with Gasteiger partial charge in [0.05, 0.1) is 13.2 Å². The van der Waals surface area contributed by atoms with Gasteiger partial charge in [-0.05, 0) is 30.2 Å². The number of nitrogens with two attached hydrogens (primary N) is 1. The van der Waals surface area contributed by atoms with Crippen LogP contribution in [0.15, 0.2) is 18.2 Å². The standard InChI is InChI=1S/C14H19FN2OS/c1-2-13-9-18-4-3-17(13)8-10-5-11(14(16)19)7-12(15)6-10/h5-7,13H,2-4,8-9H2,1H3,(H2,16,19). The van der Waals surface area contributed by atoms with Crippen LogP contribution in [-0.4, -0.2) is 35.7 Å². The molecule has 3 nitrogen and oxygen atoms in total. The van der Waals surface area contributed by atoms with E-state index in [4.69, 9.17) is 22.7 Å². The van der Waals surface area contributed by atoms with E-state index in [0.29, 0.717) is 18.2 Å². The zero-order valence-electron chi connectivity index (χ0n) is 11.1. The van der Waals surface area contributed by atoms with E-state index in [9.17, 15) is 4.39 Å². The molecule has 1 heterocycles. The van der Waals surface area contributed by atoms with Crippen LogP contribution < -0.4 is 5.73 Å². The van der Waals surface area contributed by atoms with Gasteiger partial charge in [0.15, 0.2) is 0 Å². The number of nitrogens with zero attached hydrogens (tertiary/aromatic N) is 1. The summed E-state index contributed by atoms with van der Waals surface area (Å²) in [6.07, 6.45) is 1.03. The third-order valence-electron chi connectivity index (χ3n) is 3.45. The highest BCUT2D eigenvalue weighted by molar-refractivity contribution is 7.80. The van der Waals surface area contributed by atoms with Crippen molar-refractivity contribution in [1.82, 2.24) is 4.90 Å². The lowest BCUT2D eigenvalue weighted by Gasteiger charge is -2.35. The van der Waals surface area contributed by atoms with Crippen LogP contribution in [0, 0.1) is 5.82 Å². The van der Waals surface area contributed by atoms with Crippen LogP contribution in [0.4, 0.5) is 4.39 Å². The van der Waals surface area contributed by atoms with Gasteiger partial charge in [-0.1, -0.05) is 19.1 Å². The van der Waals surface area contributed by atoms with Gasteiger partial charge in [0.2, 0.25) is 0 Å². The fourth-order valence-corrected chi connectivity index (χ4v) is 2.51. The van der Waals surface area contributed by atoms with Crippen LogP contribution in [0.3, 0.4) is 0 Å². The number of hydrogen-bond donors (Lipinski definition) is 1. The van der Waals surface area contributed by atoms with Gasteiger partial charge in [0.25, 0.3) is 0 Å². The molecule has 1 aromatic rings. The van der Waals surface area contributed by atoms with Crippen molar-refractivity contribution in [3.8, 4) is 0 Å². The zero-order valence-corrected chi connectivity index (χ0v) is 11.9. The molecule has 5 heteroatoms. The summed E-state index contributed by atoms with van der Waals surface area (Å²) in [4.78, 5) is 2.55. The summed E-state index contributed by atoms with van der Waals surface area (Å²) < 4.78 is 19.0. The first-order chi connectivity index (χ1) is 9.10. The first-order valence-corrected chi connectivity index (χ1v) is 6.92. The topological polar surface area (TPSA) is 38.5 Å². The summed E-state index contributed by atoms with van der Waals surface area (Å²) in [6, 6.07) is 5.19. The minimum absolute atomic E-state index is 0.231. The van der Waals surface area contributed by atoms with E-state index in [1.807, 2.05) is 6.07 Å². The second-order valence-electron chi connectivity index (χ2n) is 4.82. The van der Waals surface area contributed by atoms with Crippen LogP contribution in [-0.2, 0) is 11.3 Å². The molecule has 0 aromatic heterocycles. The van der Waals surface area contributed by atoms with Crippen molar-refractivity contribution >= 4 is 17.2 Å². The smallest absolute Gasteiger partial charge is 0.124 e. The third-order valence-corrected chi connectivity index (χ3v) is 3.68. The highest BCUT2D eigenvalue weighted by Gasteiger charge is 2.21. The van der Waals surface area contributed by atoms with E-state index in [1.165, 1.54) is 6.07 Å². The van der Waals surface area contributed by atoms with Crippen molar-refractivity contribution in [2.75, 3.05) is 19.8 Å². The minimum Gasteiger partial charge on any atom is -0.389 e. The number of morpholine rings is 1. The lowest BCUT2D eigenvalue weighted by molar-refractivity contribution is -0.0127. The van der Waals surface area contributed by atoms with E-state index in [1.54, 1.807) is 6.07 Å². The van der Waals surface area contributed by atoms with E-state index in [0.717, 1.165) is 31.7 Å². The average molecular weight is 282 g/mol. The maximum atomic E-state index is 13.6. The highest BCUT2D eigenvalue weighted by Crippen LogP contribution is 2.17. The van der Waals surface area contributed by atoms with Gasteiger partial charge in [-0.2, -0.15) is 0 Å². The number of thiocarbonyl (C=S) groups is 1. The van der Waals surface area contributed by atoms with Crippen molar-refractivity contribution in [2.45, 2.75) is 25.9 Å². The molecule has 1 atom stereocenters. The Balaban J connectivity index is 2.15. The molecule has 0 amide bonds. The summed E-state index contributed by atoms with van der Waals surface area (Å²) in [6.45, 7) is 5.19. The Morgan fingerprint density at radius 3 is 3.00 bits per heavy atom. The van der Waals surface area contributed by atoms with Crippen LogP contribution in [0.5, 0.6) is 0 Å². The molecular weight excluding hydrogens is 263 g/mol. The highest BCUT2D eigenvalue weighted by atomic mass is 32.1. The Morgan fingerprint density at radius 1 is 1.53 bits per heavy atom. The van der Waals surface area contributed by atoms with E-state index < -0.39 is 0 Å². The molecule has 0 spiro atoms.